The molecule has 3 fully saturated rings. The Balaban J connectivity index is 1.45. The monoisotopic (exact) mass is 579 g/mol. The number of Topliss-reactive ketones (excluding diaryl/α,β-unsaturated/α-hetero) is 3. The third kappa shape index (κ3) is 4.16. The van der Waals surface area contributed by atoms with Crippen LogP contribution in [0.25, 0.3) is 11.1 Å². The van der Waals surface area contributed by atoms with Crippen molar-refractivity contribution >= 4 is 23.3 Å². The summed E-state index contributed by atoms with van der Waals surface area (Å²) < 4.78 is 5.34. The molecule has 0 bridgehead atoms. The first-order valence-corrected chi connectivity index (χ1v) is 14.6. The lowest BCUT2D eigenvalue weighted by molar-refractivity contribution is -0.190. The second kappa shape index (κ2) is 10.4. The molecule has 3 saturated carbocycles. The Hall–Kier alpha value is -3.38. The summed E-state index contributed by atoms with van der Waals surface area (Å²) in [6, 6.07) is 2.98. The number of carbonyl (C=O) groups excluding carboxylic acids is 4. The standard InChI is InChI=1S/C31H37N3O8/c1-34(2)24-20-11-15-9-19-18(14-7-8-42-13-14)10-16(12-33-17-5-3-4-6-17)25(35)22(19)26(36)21(15)28(38)31(20,41)29(39)23(27(24)37)30(32)40/h7-8,10,13,15,17,20-21,23-24,27,33,35,37,41H,3-6,9,11-12H2,1-2H3,(H2,32,40)/t15-,20-,21?,23?,24?,27?,31-/m1/s1. The normalized spacial score (nSPS) is 33.0. The number of nitrogens with one attached hydrogen (secondary N) is 1. The van der Waals surface area contributed by atoms with Crippen molar-refractivity contribution in [1.82, 2.24) is 10.2 Å². The van der Waals surface area contributed by atoms with Crippen LogP contribution in [-0.2, 0) is 27.3 Å². The number of phenols is 1. The van der Waals surface area contributed by atoms with Gasteiger partial charge in [-0.05, 0) is 69.0 Å². The van der Waals surface area contributed by atoms with Crippen molar-refractivity contribution in [2.75, 3.05) is 14.1 Å². The van der Waals surface area contributed by atoms with Crippen molar-refractivity contribution in [2.24, 2.45) is 29.4 Å². The highest BCUT2D eigenvalue weighted by Gasteiger charge is 2.69. The molecular weight excluding hydrogens is 542 g/mol. The fourth-order valence-corrected chi connectivity index (χ4v) is 8.14. The Kier molecular flexibility index (Phi) is 7.12. The Bertz CT molecular complexity index is 1450. The molecule has 11 heteroatoms. The molecule has 0 saturated heterocycles. The Morgan fingerprint density at radius 1 is 1.19 bits per heavy atom. The van der Waals surface area contributed by atoms with Gasteiger partial charge >= 0.3 is 0 Å². The number of hydrogen-bond donors (Lipinski definition) is 5. The molecule has 2 aromatic rings. The first-order chi connectivity index (χ1) is 20.0. The van der Waals surface area contributed by atoms with Crippen LogP contribution in [0.3, 0.4) is 0 Å². The molecule has 1 aromatic heterocycles. The number of aliphatic hydroxyl groups excluding tert-OH is 1. The number of phenolic OH excluding ortho intramolecular Hbond substituents is 1. The van der Waals surface area contributed by atoms with E-state index in [1.807, 2.05) is 6.07 Å². The highest BCUT2D eigenvalue weighted by Crippen LogP contribution is 2.53. The van der Waals surface area contributed by atoms with E-state index in [0.29, 0.717) is 29.3 Å². The number of rotatable bonds is 6. The predicted molar refractivity (Wildman–Crippen MR) is 149 cm³/mol. The van der Waals surface area contributed by atoms with Crippen LogP contribution in [0.4, 0.5) is 0 Å². The zero-order valence-corrected chi connectivity index (χ0v) is 23.7. The maximum absolute atomic E-state index is 14.2. The molecule has 0 aliphatic heterocycles. The number of ketones is 3. The number of nitrogens with zero attached hydrogens (tertiary/aromatic N) is 1. The molecule has 1 heterocycles. The van der Waals surface area contributed by atoms with Gasteiger partial charge in [-0.25, -0.2) is 0 Å². The number of benzene rings is 1. The molecule has 11 nitrogen and oxygen atoms in total. The van der Waals surface area contributed by atoms with Gasteiger partial charge in [-0.3, -0.25) is 19.2 Å². The summed E-state index contributed by atoms with van der Waals surface area (Å²) in [5, 5.41) is 37.8. The summed E-state index contributed by atoms with van der Waals surface area (Å²) in [5.74, 6) is -9.12. The summed E-state index contributed by atoms with van der Waals surface area (Å²) in [6.45, 7) is 0.317. The molecule has 6 N–H and O–H groups in total. The van der Waals surface area contributed by atoms with Gasteiger partial charge in [0.25, 0.3) is 0 Å². The van der Waals surface area contributed by atoms with E-state index < -0.39 is 64.7 Å². The van der Waals surface area contributed by atoms with Crippen LogP contribution in [0, 0.1) is 23.7 Å². The third-order valence-electron chi connectivity index (χ3n) is 10.1. The molecule has 4 unspecified atom stereocenters. The molecular formula is C31H37N3O8. The average molecular weight is 580 g/mol. The first kappa shape index (κ1) is 28.7. The Morgan fingerprint density at radius 2 is 1.90 bits per heavy atom. The van der Waals surface area contributed by atoms with E-state index in [1.54, 1.807) is 31.3 Å². The lowest BCUT2D eigenvalue weighted by Gasteiger charge is -2.54. The molecule has 6 rings (SSSR count). The maximum atomic E-state index is 14.2. The second-order valence-electron chi connectivity index (χ2n) is 12.6. The molecule has 0 radical (unpaired) electrons. The fraction of sp³-hybridized carbons (Fsp3) is 0.548. The first-order valence-electron chi connectivity index (χ1n) is 14.6. The third-order valence-corrected chi connectivity index (χ3v) is 10.1. The molecule has 1 aromatic carbocycles. The second-order valence-corrected chi connectivity index (χ2v) is 12.6. The van der Waals surface area contributed by atoms with E-state index in [2.05, 4.69) is 5.32 Å². The van der Waals surface area contributed by atoms with Gasteiger partial charge in [-0.2, -0.15) is 0 Å². The number of fused-ring (bicyclic) bond motifs is 3. The minimum Gasteiger partial charge on any atom is -0.507 e. The van der Waals surface area contributed by atoms with Crippen molar-refractivity contribution in [1.29, 1.82) is 0 Å². The summed E-state index contributed by atoms with van der Waals surface area (Å²) in [7, 11) is 3.24. The molecule has 224 valence electrons. The Labute approximate surface area is 243 Å². The quantitative estimate of drug-likeness (QED) is 0.309. The van der Waals surface area contributed by atoms with E-state index in [4.69, 9.17) is 10.2 Å². The minimum absolute atomic E-state index is 0.00692. The number of aromatic hydroxyl groups is 1. The number of amides is 1. The van der Waals surface area contributed by atoms with Gasteiger partial charge in [0, 0.05) is 35.7 Å². The number of nitrogens with two attached hydrogens (primary N) is 1. The minimum atomic E-state index is -2.69. The van der Waals surface area contributed by atoms with E-state index in [1.165, 1.54) is 6.26 Å². The Morgan fingerprint density at radius 3 is 2.52 bits per heavy atom. The number of likely N-dealkylation sites (N-methyl/N-ethyl adjacent to an activating group) is 1. The summed E-state index contributed by atoms with van der Waals surface area (Å²) in [5.41, 5.74) is 5.28. The highest BCUT2D eigenvalue weighted by molar-refractivity contribution is 6.25. The van der Waals surface area contributed by atoms with Crippen molar-refractivity contribution in [3.05, 3.63) is 41.3 Å². The van der Waals surface area contributed by atoms with Gasteiger partial charge in [0.2, 0.25) is 5.91 Å². The van der Waals surface area contributed by atoms with Gasteiger partial charge in [0.1, 0.15) is 11.7 Å². The van der Waals surface area contributed by atoms with Crippen LogP contribution in [0.2, 0.25) is 0 Å². The zero-order valence-electron chi connectivity index (χ0n) is 23.7. The van der Waals surface area contributed by atoms with Gasteiger partial charge in [0.15, 0.2) is 23.0 Å². The van der Waals surface area contributed by atoms with Crippen molar-refractivity contribution < 1.29 is 38.9 Å². The number of carbonyl (C=O) groups is 4. The number of primary amides is 1. The molecule has 4 aliphatic rings. The van der Waals surface area contributed by atoms with Gasteiger partial charge in [-0.15, -0.1) is 0 Å². The number of hydrogen-bond acceptors (Lipinski definition) is 10. The maximum Gasteiger partial charge on any atom is 0.230 e. The number of furan rings is 1. The summed E-state index contributed by atoms with van der Waals surface area (Å²) >= 11 is 0. The fourth-order valence-electron chi connectivity index (χ4n) is 8.14. The van der Waals surface area contributed by atoms with E-state index >= 15 is 0 Å². The van der Waals surface area contributed by atoms with Crippen LogP contribution in [0.15, 0.2) is 29.1 Å². The molecule has 42 heavy (non-hydrogen) atoms. The molecule has 0 spiro atoms. The van der Waals surface area contributed by atoms with Crippen LogP contribution < -0.4 is 11.1 Å². The van der Waals surface area contributed by atoms with Crippen molar-refractivity contribution in [3.63, 3.8) is 0 Å². The van der Waals surface area contributed by atoms with Gasteiger partial charge in [0.05, 0.1) is 30.1 Å². The van der Waals surface area contributed by atoms with Crippen LogP contribution >= 0.6 is 0 Å². The zero-order chi connectivity index (χ0) is 30.1. The van der Waals surface area contributed by atoms with Gasteiger partial charge in [-0.1, -0.05) is 12.8 Å². The van der Waals surface area contributed by atoms with Gasteiger partial charge < -0.3 is 35.7 Å². The topological polar surface area (TPSA) is 183 Å². The van der Waals surface area contributed by atoms with E-state index in [-0.39, 0.29) is 24.2 Å². The molecule has 1 amide bonds. The van der Waals surface area contributed by atoms with Crippen LogP contribution in [0.1, 0.15) is 53.6 Å². The van der Waals surface area contributed by atoms with Crippen LogP contribution in [-0.4, -0.2) is 81.4 Å². The highest BCUT2D eigenvalue weighted by atomic mass is 16.3. The van der Waals surface area contributed by atoms with Crippen molar-refractivity contribution in [3.8, 4) is 16.9 Å². The largest absolute Gasteiger partial charge is 0.507 e. The average Bonchev–Trinajstić information content (AvgIpc) is 3.65. The summed E-state index contributed by atoms with van der Waals surface area (Å²) in [6.07, 6.45) is 6.14. The number of aliphatic hydroxyl groups is 2. The van der Waals surface area contributed by atoms with E-state index in [9.17, 15) is 34.5 Å². The molecule has 7 atom stereocenters. The lowest BCUT2D eigenvalue weighted by Crippen LogP contribution is -2.75. The van der Waals surface area contributed by atoms with Crippen LogP contribution in [0.5, 0.6) is 5.75 Å². The smallest absolute Gasteiger partial charge is 0.230 e. The molecule has 4 aliphatic carbocycles. The summed E-state index contributed by atoms with van der Waals surface area (Å²) in [4.78, 5) is 55.8. The van der Waals surface area contributed by atoms with Crippen molar-refractivity contribution in [2.45, 2.75) is 68.9 Å². The predicted octanol–water partition coefficient (Wildman–Crippen LogP) is 0.951. The SMILES string of the molecule is CN(C)C1C(O)C(C(N)=O)C(=O)[C@]2(O)C(=O)C3C(=O)c4c(O)c(CNC5CCCC5)cc(-c5ccoc5)c4C[C@@H]3C[C@H]12. The lowest BCUT2D eigenvalue weighted by atomic mass is 9.52. The van der Waals surface area contributed by atoms with E-state index in [0.717, 1.165) is 31.2 Å².